The zero-order valence-corrected chi connectivity index (χ0v) is 20.3. The molecule has 2 aromatic carbocycles. The summed E-state index contributed by atoms with van der Waals surface area (Å²) >= 11 is 0. The minimum atomic E-state index is -0.242. The van der Waals surface area contributed by atoms with Crippen LogP contribution >= 0.6 is 0 Å². The smallest absolute Gasteiger partial charge is 0.194 e. The maximum Gasteiger partial charge on any atom is 0.194 e. The fourth-order valence-corrected chi connectivity index (χ4v) is 4.14. The number of ketones is 1. The lowest BCUT2D eigenvalue weighted by molar-refractivity contribution is 0.103. The van der Waals surface area contributed by atoms with E-state index in [1.807, 2.05) is 24.3 Å². The standard InChI is InChI=1S/C27H30O7/c1-29-9-7-21-22(8-10-30-2)27(28)24-15-20(33-5)16-25(34-6)26(24)23(21)13-17-11-18(31-3)14-19(12-17)32-4/h7-12,14-16,23H,13H2,1-6H3/b9-7+,10-8+. The summed E-state index contributed by atoms with van der Waals surface area (Å²) in [5.74, 6) is 2.07. The second kappa shape index (κ2) is 11.3. The van der Waals surface area contributed by atoms with Crippen molar-refractivity contribution in [2.24, 2.45) is 0 Å². The van der Waals surface area contributed by atoms with Gasteiger partial charge in [-0.1, -0.05) is 0 Å². The molecule has 0 aromatic heterocycles. The first-order chi connectivity index (χ1) is 16.5. The Bertz CT molecular complexity index is 1110. The number of benzene rings is 2. The second-order valence-corrected chi connectivity index (χ2v) is 7.54. The van der Waals surface area contributed by atoms with Crippen molar-refractivity contribution in [3.63, 3.8) is 0 Å². The Labute approximate surface area is 200 Å². The maximum absolute atomic E-state index is 13.6. The number of methoxy groups -OCH3 is 6. The molecule has 7 heteroatoms. The molecule has 0 N–H and O–H groups in total. The molecule has 1 aliphatic carbocycles. The first kappa shape index (κ1) is 24.8. The molecule has 0 fully saturated rings. The van der Waals surface area contributed by atoms with E-state index in [9.17, 15) is 4.79 Å². The van der Waals surface area contributed by atoms with Crippen molar-refractivity contribution in [2.75, 3.05) is 42.7 Å². The Kier molecular flexibility index (Phi) is 8.24. The van der Waals surface area contributed by atoms with Crippen LogP contribution in [0.2, 0.25) is 0 Å². The van der Waals surface area contributed by atoms with Crippen LogP contribution in [0.15, 0.2) is 66.2 Å². The zero-order chi connectivity index (χ0) is 24.7. The molecule has 0 saturated heterocycles. The lowest BCUT2D eigenvalue weighted by Gasteiger charge is -2.30. The van der Waals surface area contributed by atoms with Crippen LogP contribution in [-0.4, -0.2) is 48.4 Å². The SMILES string of the molecule is CO/C=C/C1=C(/C=C/OC)C(Cc2cc(OC)cc(OC)c2)c2c(OC)cc(OC)cc2C1=O. The van der Waals surface area contributed by atoms with Crippen LogP contribution in [0.25, 0.3) is 0 Å². The van der Waals surface area contributed by atoms with E-state index in [0.717, 1.165) is 16.7 Å². The van der Waals surface area contributed by atoms with Crippen LogP contribution in [0.1, 0.15) is 27.4 Å². The maximum atomic E-state index is 13.6. The van der Waals surface area contributed by atoms with E-state index in [0.29, 0.717) is 40.6 Å². The zero-order valence-electron chi connectivity index (χ0n) is 20.3. The van der Waals surface area contributed by atoms with Gasteiger partial charge in [-0.25, -0.2) is 0 Å². The number of hydrogen-bond donors (Lipinski definition) is 0. The summed E-state index contributed by atoms with van der Waals surface area (Å²) in [6.45, 7) is 0. The molecule has 0 radical (unpaired) electrons. The van der Waals surface area contributed by atoms with Crippen LogP contribution in [0.5, 0.6) is 23.0 Å². The predicted molar refractivity (Wildman–Crippen MR) is 129 cm³/mol. The van der Waals surface area contributed by atoms with E-state index in [1.54, 1.807) is 60.0 Å². The fourth-order valence-electron chi connectivity index (χ4n) is 4.14. The average Bonchev–Trinajstić information content (AvgIpc) is 2.87. The van der Waals surface area contributed by atoms with Crippen LogP contribution in [0.4, 0.5) is 0 Å². The van der Waals surface area contributed by atoms with Gasteiger partial charge in [0.25, 0.3) is 0 Å². The fraction of sp³-hybridized carbons (Fsp3) is 0.296. The first-order valence-electron chi connectivity index (χ1n) is 10.7. The first-order valence-corrected chi connectivity index (χ1v) is 10.7. The quantitative estimate of drug-likeness (QED) is 0.463. The number of rotatable bonds is 10. The van der Waals surface area contributed by atoms with Gasteiger partial charge in [-0.15, -0.1) is 0 Å². The van der Waals surface area contributed by atoms with Gasteiger partial charge in [0.2, 0.25) is 0 Å². The predicted octanol–water partition coefficient (Wildman–Crippen LogP) is 4.86. The number of hydrogen-bond acceptors (Lipinski definition) is 7. The van der Waals surface area contributed by atoms with Crippen molar-refractivity contribution in [3.8, 4) is 23.0 Å². The third-order valence-electron chi connectivity index (χ3n) is 5.70. The van der Waals surface area contributed by atoms with Gasteiger partial charge in [-0.05, 0) is 47.9 Å². The largest absolute Gasteiger partial charge is 0.504 e. The van der Waals surface area contributed by atoms with Gasteiger partial charge < -0.3 is 28.4 Å². The normalized spacial score (nSPS) is 15.5. The minimum Gasteiger partial charge on any atom is -0.504 e. The van der Waals surface area contributed by atoms with Gasteiger partial charge in [-0.3, -0.25) is 4.79 Å². The van der Waals surface area contributed by atoms with E-state index in [-0.39, 0.29) is 11.7 Å². The molecule has 1 aliphatic rings. The van der Waals surface area contributed by atoms with Crippen molar-refractivity contribution in [1.29, 1.82) is 0 Å². The van der Waals surface area contributed by atoms with Crippen LogP contribution in [0, 0.1) is 0 Å². The molecule has 7 nitrogen and oxygen atoms in total. The van der Waals surface area contributed by atoms with Crippen molar-refractivity contribution >= 4 is 5.78 Å². The van der Waals surface area contributed by atoms with E-state index in [4.69, 9.17) is 28.4 Å². The highest BCUT2D eigenvalue weighted by molar-refractivity contribution is 6.14. The molecule has 3 rings (SSSR count). The summed E-state index contributed by atoms with van der Waals surface area (Å²) in [4.78, 5) is 13.6. The van der Waals surface area contributed by atoms with Crippen molar-refractivity contribution in [3.05, 3.63) is 82.8 Å². The summed E-state index contributed by atoms with van der Waals surface area (Å²) < 4.78 is 32.4. The molecule has 34 heavy (non-hydrogen) atoms. The van der Waals surface area contributed by atoms with Gasteiger partial charge in [0, 0.05) is 34.8 Å². The molecular formula is C27H30O7. The minimum absolute atomic E-state index is 0.157. The molecular weight excluding hydrogens is 436 g/mol. The molecule has 0 aliphatic heterocycles. The van der Waals surface area contributed by atoms with Crippen molar-refractivity contribution in [1.82, 2.24) is 0 Å². The van der Waals surface area contributed by atoms with Gasteiger partial charge in [0.15, 0.2) is 5.78 Å². The van der Waals surface area contributed by atoms with E-state index >= 15 is 0 Å². The summed E-state index contributed by atoms with van der Waals surface area (Å²) in [6.07, 6.45) is 7.07. The average molecular weight is 467 g/mol. The lowest BCUT2D eigenvalue weighted by Crippen LogP contribution is -2.22. The monoisotopic (exact) mass is 466 g/mol. The molecule has 0 bridgehead atoms. The highest BCUT2D eigenvalue weighted by Gasteiger charge is 2.35. The van der Waals surface area contributed by atoms with Crippen molar-refractivity contribution in [2.45, 2.75) is 12.3 Å². The molecule has 0 spiro atoms. The molecule has 0 saturated carbocycles. The molecule has 0 heterocycles. The molecule has 180 valence electrons. The Hall–Kier alpha value is -3.87. The van der Waals surface area contributed by atoms with Gasteiger partial charge in [-0.2, -0.15) is 0 Å². The van der Waals surface area contributed by atoms with Crippen molar-refractivity contribution < 1.29 is 33.2 Å². The van der Waals surface area contributed by atoms with Gasteiger partial charge >= 0.3 is 0 Å². The number of carbonyl (C=O) groups is 1. The molecule has 2 aromatic rings. The van der Waals surface area contributed by atoms with Crippen LogP contribution < -0.4 is 18.9 Å². The van der Waals surface area contributed by atoms with E-state index in [2.05, 4.69) is 0 Å². The number of fused-ring (bicyclic) bond motifs is 1. The number of carbonyl (C=O) groups excluding carboxylic acids is 1. The third kappa shape index (κ3) is 5.03. The lowest BCUT2D eigenvalue weighted by atomic mass is 9.74. The van der Waals surface area contributed by atoms with Crippen LogP contribution in [0.3, 0.4) is 0 Å². The molecule has 1 unspecified atom stereocenters. The summed E-state index contributed by atoms with van der Waals surface area (Å²) in [5.41, 5.74) is 3.54. The Morgan fingerprint density at radius 2 is 1.32 bits per heavy atom. The summed E-state index contributed by atoms with van der Waals surface area (Å²) in [6, 6.07) is 9.27. The Balaban J connectivity index is 2.30. The summed E-state index contributed by atoms with van der Waals surface area (Å²) in [7, 11) is 9.47. The van der Waals surface area contributed by atoms with E-state index < -0.39 is 0 Å². The Morgan fingerprint density at radius 3 is 1.88 bits per heavy atom. The topological polar surface area (TPSA) is 72.5 Å². The number of allylic oxidation sites excluding steroid dienone is 4. The third-order valence-corrected chi connectivity index (χ3v) is 5.70. The van der Waals surface area contributed by atoms with Gasteiger partial charge in [0.05, 0.1) is 55.2 Å². The molecule has 1 atom stereocenters. The number of Topliss-reactive ketones (excluding diaryl/α,β-unsaturated/α-hetero) is 1. The molecule has 0 amide bonds. The number of ether oxygens (including phenoxy) is 6. The van der Waals surface area contributed by atoms with Gasteiger partial charge in [0.1, 0.15) is 23.0 Å². The highest BCUT2D eigenvalue weighted by Crippen LogP contribution is 2.46. The van der Waals surface area contributed by atoms with E-state index in [1.165, 1.54) is 13.4 Å². The van der Waals surface area contributed by atoms with Crippen LogP contribution in [-0.2, 0) is 15.9 Å². The summed E-state index contributed by atoms with van der Waals surface area (Å²) in [5, 5.41) is 0. The Morgan fingerprint density at radius 1 is 0.735 bits per heavy atom. The second-order valence-electron chi connectivity index (χ2n) is 7.54. The highest BCUT2D eigenvalue weighted by atomic mass is 16.5.